The molecule has 2 aromatic rings. The SMILES string of the molecule is Cc1ccccc1C(=O)O[C@](C(=O)O)(C(=O)c1ccccc1C)[C@@H](O)C(=O)O.O. The van der Waals surface area contributed by atoms with Crippen molar-refractivity contribution in [1.29, 1.82) is 0 Å². The molecular weight excluding hydrogens is 384 g/mol. The van der Waals surface area contributed by atoms with Crippen LogP contribution in [0.4, 0.5) is 0 Å². The number of Topliss-reactive ketones (excluding diaryl/α,β-unsaturated/α-hetero) is 1. The summed E-state index contributed by atoms with van der Waals surface area (Å²) in [6.07, 6.45) is -2.83. The maximum absolute atomic E-state index is 13.0. The second-order valence-corrected chi connectivity index (χ2v) is 6.13. The third kappa shape index (κ3) is 4.31. The molecule has 9 heteroatoms. The highest BCUT2D eigenvalue weighted by molar-refractivity contribution is 6.19. The molecule has 5 N–H and O–H groups in total. The molecule has 2 atom stereocenters. The van der Waals surface area contributed by atoms with E-state index < -0.39 is 35.4 Å². The quantitative estimate of drug-likeness (QED) is 0.345. The zero-order chi connectivity index (χ0) is 21.1. The number of aryl methyl sites for hydroxylation is 2. The molecule has 0 heterocycles. The summed E-state index contributed by atoms with van der Waals surface area (Å²) in [5.41, 5.74) is -2.88. The first kappa shape index (κ1) is 23.5. The van der Waals surface area contributed by atoms with E-state index in [-0.39, 0.29) is 16.6 Å². The zero-order valence-corrected chi connectivity index (χ0v) is 15.6. The van der Waals surface area contributed by atoms with Crippen LogP contribution in [0.3, 0.4) is 0 Å². The van der Waals surface area contributed by atoms with Crippen molar-refractivity contribution in [2.75, 3.05) is 0 Å². The average molecular weight is 404 g/mol. The lowest BCUT2D eigenvalue weighted by atomic mass is 9.85. The number of carboxylic acid groups (broad SMARTS) is 2. The highest BCUT2D eigenvalue weighted by Gasteiger charge is 2.60. The Bertz CT molecular complexity index is 950. The van der Waals surface area contributed by atoms with Gasteiger partial charge in [-0.3, -0.25) is 4.79 Å². The van der Waals surface area contributed by atoms with Gasteiger partial charge < -0.3 is 25.5 Å². The molecule has 0 saturated carbocycles. The zero-order valence-electron chi connectivity index (χ0n) is 15.6. The van der Waals surface area contributed by atoms with Crippen LogP contribution in [0, 0.1) is 13.8 Å². The number of aliphatic hydroxyl groups is 1. The van der Waals surface area contributed by atoms with E-state index in [4.69, 9.17) is 4.74 Å². The molecule has 0 aliphatic carbocycles. The molecule has 0 aliphatic heterocycles. The molecule has 0 radical (unpaired) electrons. The van der Waals surface area contributed by atoms with Crippen molar-refractivity contribution in [3.63, 3.8) is 0 Å². The van der Waals surface area contributed by atoms with E-state index in [0.29, 0.717) is 11.1 Å². The predicted octanol–water partition coefficient (Wildman–Crippen LogP) is 0.787. The minimum absolute atomic E-state index is 0. The molecule has 0 bridgehead atoms. The predicted molar refractivity (Wildman–Crippen MR) is 99.7 cm³/mol. The molecule has 0 fully saturated rings. The summed E-state index contributed by atoms with van der Waals surface area (Å²) in [5, 5.41) is 29.0. The summed E-state index contributed by atoms with van der Waals surface area (Å²) < 4.78 is 4.94. The lowest BCUT2D eigenvalue weighted by Gasteiger charge is -2.30. The van der Waals surface area contributed by atoms with Gasteiger partial charge in [0.05, 0.1) is 5.56 Å². The van der Waals surface area contributed by atoms with Gasteiger partial charge in [-0.15, -0.1) is 0 Å². The van der Waals surface area contributed by atoms with Crippen molar-refractivity contribution in [2.45, 2.75) is 25.6 Å². The largest absolute Gasteiger partial charge is 0.479 e. The standard InChI is InChI=1S/C20H18O8.H2O/c1-11-7-3-5-9-13(11)15(21)20(19(26)27,16(22)17(23)24)28-18(25)14-10-6-4-8-12(14)2;/h3-10,16,22H,1-2H3,(H,23,24)(H,26,27);1H2/t16-,20+;/m0./s1. The number of ketones is 1. The fourth-order valence-electron chi connectivity index (χ4n) is 2.69. The van der Waals surface area contributed by atoms with Crippen molar-refractivity contribution in [1.82, 2.24) is 0 Å². The van der Waals surface area contributed by atoms with Crippen molar-refractivity contribution < 1.29 is 44.7 Å². The number of hydrogen-bond acceptors (Lipinski definition) is 6. The smallest absolute Gasteiger partial charge is 0.360 e. The lowest BCUT2D eigenvalue weighted by Crippen LogP contribution is -2.61. The van der Waals surface area contributed by atoms with Crippen LogP contribution in [0.15, 0.2) is 48.5 Å². The number of aliphatic carboxylic acids is 2. The van der Waals surface area contributed by atoms with Crippen LogP contribution in [0.25, 0.3) is 0 Å². The second kappa shape index (κ2) is 9.09. The van der Waals surface area contributed by atoms with Crippen LogP contribution in [-0.2, 0) is 14.3 Å². The average Bonchev–Trinajstić information content (AvgIpc) is 2.65. The number of esters is 1. The Kier molecular flexibility index (Phi) is 7.36. The molecule has 0 aliphatic rings. The molecule has 154 valence electrons. The number of benzene rings is 2. The van der Waals surface area contributed by atoms with Crippen LogP contribution < -0.4 is 0 Å². The molecule has 0 aromatic heterocycles. The van der Waals surface area contributed by atoms with Gasteiger partial charge in [0.1, 0.15) is 0 Å². The van der Waals surface area contributed by atoms with E-state index in [2.05, 4.69) is 0 Å². The van der Waals surface area contributed by atoms with Gasteiger partial charge in [0, 0.05) is 5.56 Å². The number of aliphatic hydroxyl groups excluding tert-OH is 1. The number of rotatable bonds is 7. The third-order valence-corrected chi connectivity index (χ3v) is 4.28. The third-order valence-electron chi connectivity index (χ3n) is 4.28. The van der Waals surface area contributed by atoms with E-state index in [1.165, 1.54) is 37.3 Å². The van der Waals surface area contributed by atoms with Crippen LogP contribution >= 0.6 is 0 Å². The summed E-state index contributed by atoms with van der Waals surface area (Å²) in [4.78, 5) is 49.1. The summed E-state index contributed by atoms with van der Waals surface area (Å²) in [6.45, 7) is 3.05. The highest BCUT2D eigenvalue weighted by atomic mass is 16.6. The van der Waals surface area contributed by atoms with Gasteiger partial charge in [0.2, 0.25) is 11.9 Å². The monoisotopic (exact) mass is 404 g/mol. The van der Waals surface area contributed by atoms with E-state index in [9.17, 15) is 34.5 Å². The number of carboxylic acids is 2. The van der Waals surface area contributed by atoms with Crippen LogP contribution in [-0.4, -0.2) is 56.2 Å². The second-order valence-electron chi connectivity index (χ2n) is 6.13. The van der Waals surface area contributed by atoms with Gasteiger partial charge >= 0.3 is 23.5 Å². The Morgan fingerprint density at radius 1 is 0.862 bits per heavy atom. The summed E-state index contributed by atoms with van der Waals surface area (Å²) in [6, 6.07) is 11.8. The van der Waals surface area contributed by atoms with Crippen molar-refractivity contribution in [3.05, 3.63) is 70.8 Å². The molecule has 0 spiro atoms. The fourth-order valence-corrected chi connectivity index (χ4v) is 2.69. The van der Waals surface area contributed by atoms with Crippen molar-refractivity contribution >= 4 is 23.7 Å². The van der Waals surface area contributed by atoms with Crippen LogP contribution in [0.5, 0.6) is 0 Å². The summed E-state index contributed by atoms with van der Waals surface area (Å²) in [7, 11) is 0. The maximum atomic E-state index is 13.0. The minimum Gasteiger partial charge on any atom is -0.479 e. The first-order valence-corrected chi connectivity index (χ1v) is 8.16. The Labute approximate surface area is 165 Å². The van der Waals surface area contributed by atoms with Crippen molar-refractivity contribution in [2.24, 2.45) is 0 Å². The van der Waals surface area contributed by atoms with Gasteiger partial charge in [-0.1, -0.05) is 42.5 Å². The molecule has 2 aromatic carbocycles. The molecule has 0 unspecified atom stereocenters. The lowest BCUT2D eigenvalue weighted by molar-refractivity contribution is -0.176. The number of ether oxygens (including phenoxy) is 1. The minimum atomic E-state index is -3.36. The normalized spacial score (nSPS) is 13.3. The number of carbonyl (C=O) groups excluding carboxylic acids is 2. The Balaban J connectivity index is 0.00000420. The van der Waals surface area contributed by atoms with Gasteiger partial charge in [-0.2, -0.15) is 0 Å². The Morgan fingerprint density at radius 2 is 1.31 bits per heavy atom. The molecular formula is C20H20O9. The van der Waals surface area contributed by atoms with Gasteiger partial charge in [-0.05, 0) is 31.0 Å². The molecule has 9 nitrogen and oxygen atoms in total. The highest BCUT2D eigenvalue weighted by Crippen LogP contribution is 2.27. The van der Waals surface area contributed by atoms with Gasteiger partial charge in [0.25, 0.3) is 0 Å². The Hall–Kier alpha value is -3.56. The molecule has 0 saturated heterocycles. The van der Waals surface area contributed by atoms with Gasteiger partial charge in [0.15, 0.2) is 0 Å². The fraction of sp³-hybridized carbons (Fsp3) is 0.200. The Morgan fingerprint density at radius 3 is 1.72 bits per heavy atom. The molecule has 29 heavy (non-hydrogen) atoms. The molecule has 2 rings (SSSR count). The first-order chi connectivity index (χ1) is 13.1. The maximum Gasteiger partial charge on any atom is 0.360 e. The van der Waals surface area contributed by atoms with Crippen LogP contribution in [0.1, 0.15) is 31.8 Å². The summed E-state index contributed by atoms with van der Waals surface area (Å²) in [5.74, 6) is -6.72. The first-order valence-electron chi connectivity index (χ1n) is 8.16. The topological polar surface area (TPSA) is 170 Å². The number of carbonyl (C=O) groups is 4. The van der Waals surface area contributed by atoms with E-state index in [1.54, 1.807) is 25.1 Å². The van der Waals surface area contributed by atoms with Crippen molar-refractivity contribution in [3.8, 4) is 0 Å². The van der Waals surface area contributed by atoms with E-state index >= 15 is 0 Å². The number of hydrogen-bond donors (Lipinski definition) is 3. The van der Waals surface area contributed by atoms with Gasteiger partial charge in [-0.25, -0.2) is 14.4 Å². The molecule has 0 amide bonds. The van der Waals surface area contributed by atoms with E-state index in [1.807, 2.05) is 0 Å². The van der Waals surface area contributed by atoms with E-state index in [0.717, 1.165) is 0 Å². The van der Waals surface area contributed by atoms with Crippen LogP contribution in [0.2, 0.25) is 0 Å². The summed E-state index contributed by atoms with van der Waals surface area (Å²) >= 11 is 0.